The van der Waals surface area contributed by atoms with E-state index in [0.717, 1.165) is 5.75 Å². The molecule has 0 amide bonds. The van der Waals surface area contributed by atoms with E-state index in [-0.39, 0.29) is 19.0 Å². The molecule has 0 aromatic rings. The van der Waals surface area contributed by atoms with Crippen molar-refractivity contribution in [2.24, 2.45) is 5.92 Å². The van der Waals surface area contributed by atoms with Crippen LogP contribution in [0.2, 0.25) is 0 Å². The van der Waals surface area contributed by atoms with Gasteiger partial charge in [-0.3, -0.25) is 9.36 Å². The summed E-state index contributed by atoms with van der Waals surface area (Å²) in [7, 11) is -3.59. The Morgan fingerprint density at radius 3 is 2.53 bits per heavy atom. The number of hydrogen-bond acceptors (Lipinski definition) is 6. The van der Waals surface area contributed by atoms with Gasteiger partial charge in [0.15, 0.2) is 5.85 Å². The average molecular weight is 282 g/mol. The molecule has 0 aromatic heterocycles. The maximum absolute atomic E-state index is 12.3. The molecule has 1 fully saturated rings. The highest BCUT2D eigenvalue weighted by atomic mass is 32.2. The van der Waals surface area contributed by atoms with E-state index in [0.29, 0.717) is 12.2 Å². The van der Waals surface area contributed by atoms with Crippen LogP contribution in [0.4, 0.5) is 0 Å². The van der Waals surface area contributed by atoms with Crippen molar-refractivity contribution in [3.05, 3.63) is 0 Å². The minimum Gasteiger partial charge on any atom is -0.380 e. The van der Waals surface area contributed by atoms with Gasteiger partial charge in [0.1, 0.15) is 5.78 Å². The summed E-state index contributed by atoms with van der Waals surface area (Å²) >= 11 is 1.57. The van der Waals surface area contributed by atoms with Crippen LogP contribution in [-0.4, -0.2) is 41.5 Å². The number of rotatable bonds is 6. The van der Waals surface area contributed by atoms with Crippen LogP contribution in [0.5, 0.6) is 0 Å². The van der Waals surface area contributed by atoms with E-state index in [4.69, 9.17) is 9.05 Å². The van der Waals surface area contributed by atoms with Crippen molar-refractivity contribution < 1.29 is 23.5 Å². The quantitative estimate of drug-likeness (QED) is 0.750. The van der Waals surface area contributed by atoms with Gasteiger partial charge in [0.05, 0.1) is 19.1 Å². The lowest BCUT2D eigenvalue weighted by molar-refractivity contribution is -0.124. The fourth-order valence-corrected chi connectivity index (χ4v) is 4.77. The fourth-order valence-electron chi connectivity index (χ4n) is 1.68. The summed E-state index contributed by atoms with van der Waals surface area (Å²) in [5, 5.41) is 10.1. The second-order valence-corrected chi connectivity index (χ2v) is 6.96. The first kappa shape index (κ1) is 15.2. The zero-order valence-electron chi connectivity index (χ0n) is 10.1. The number of hydrogen-bond donors (Lipinski definition) is 1. The SMILES string of the molecule is CCOP(=O)(OCC)[C@H](O)C1CSCCC1=O. The summed E-state index contributed by atoms with van der Waals surface area (Å²) in [5.41, 5.74) is 0. The third kappa shape index (κ3) is 3.80. The number of Topliss-reactive ketones (excluding diaryl/α,β-unsaturated/α-hetero) is 1. The lowest BCUT2D eigenvalue weighted by Crippen LogP contribution is -2.34. The monoisotopic (exact) mass is 282 g/mol. The van der Waals surface area contributed by atoms with E-state index in [1.807, 2.05) is 0 Å². The van der Waals surface area contributed by atoms with Crippen molar-refractivity contribution in [2.75, 3.05) is 24.7 Å². The molecule has 0 aliphatic carbocycles. The first-order valence-electron chi connectivity index (χ1n) is 5.72. The van der Waals surface area contributed by atoms with Crippen LogP contribution >= 0.6 is 19.4 Å². The molecule has 100 valence electrons. The summed E-state index contributed by atoms with van der Waals surface area (Å²) in [6.45, 7) is 3.72. The molecule has 0 aromatic carbocycles. The van der Waals surface area contributed by atoms with E-state index < -0.39 is 19.4 Å². The minimum absolute atomic E-state index is 0.0594. The van der Waals surface area contributed by atoms with Gasteiger partial charge in [-0.15, -0.1) is 0 Å². The van der Waals surface area contributed by atoms with Crippen LogP contribution in [0.1, 0.15) is 20.3 Å². The molecule has 1 aliphatic heterocycles. The van der Waals surface area contributed by atoms with E-state index in [1.165, 1.54) is 0 Å². The number of aliphatic hydroxyl groups excluding tert-OH is 1. The van der Waals surface area contributed by atoms with Gasteiger partial charge in [-0.05, 0) is 13.8 Å². The Hall–Kier alpha value is 0.130. The molecular weight excluding hydrogens is 263 g/mol. The van der Waals surface area contributed by atoms with E-state index in [9.17, 15) is 14.5 Å². The number of carbonyl (C=O) groups excluding carboxylic acids is 1. The van der Waals surface area contributed by atoms with Gasteiger partial charge < -0.3 is 14.2 Å². The Morgan fingerprint density at radius 2 is 2.06 bits per heavy atom. The Bertz CT molecular complexity index is 299. The minimum atomic E-state index is -3.59. The Labute approximate surface area is 106 Å². The molecule has 1 heterocycles. The largest absolute Gasteiger partial charge is 0.380 e. The van der Waals surface area contributed by atoms with Crippen molar-refractivity contribution >= 4 is 25.1 Å². The summed E-state index contributed by atoms with van der Waals surface area (Å²) in [6.07, 6.45) is 0.407. The zero-order valence-corrected chi connectivity index (χ0v) is 11.8. The smallest absolute Gasteiger partial charge is 0.359 e. The number of ketones is 1. The second-order valence-electron chi connectivity index (χ2n) is 3.69. The third-order valence-electron chi connectivity index (χ3n) is 2.51. The highest BCUT2D eigenvalue weighted by molar-refractivity contribution is 7.99. The fraction of sp³-hybridized carbons (Fsp3) is 0.900. The highest BCUT2D eigenvalue weighted by Gasteiger charge is 2.43. The molecule has 0 bridgehead atoms. The maximum atomic E-state index is 12.3. The molecule has 0 radical (unpaired) electrons. The van der Waals surface area contributed by atoms with Crippen molar-refractivity contribution in [1.82, 2.24) is 0 Å². The van der Waals surface area contributed by atoms with Gasteiger partial charge in [0.25, 0.3) is 0 Å². The summed E-state index contributed by atoms with van der Waals surface area (Å²) in [4.78, 5) is 11.7. The van der Waals surface area contributed by atoms with Crippen molar-refractivity contribution in [1.29, 1.82) is 0 Å². The standard InChI is InChI=1S/C10H19O5PS/c1-3-14-16(13,15-4-2)10(12)8-7-17-6-5-9(8)11/h8,10,12H,3-7H2,1-2H3/t8?,10-/m0/s1. The topological polar surface area (TPSA) is 72.8 Å². The van der Waals surface area contributed by atoms with Crippen LogP contribution in [0.25, 0.3) is 0 Å². The van der Waals surface area contributed by atoms with Gasteiger partial charge in [-0.25, -0.2) is 0 Å². The zero-order chi connectivity index (χ0) is 12.9. The predicted molar refractivity (Wildman–Crippen MR) is 67.3 cm³/mol. The molecule has 1 aliphatic rings. The Morgan fingerprint density at radius 1 is 1.47 bits per heavy atom. The van der Waals surface area contributed by atoms with Crippen LogP contribution in [-0.2, 0) is 18.4 Å². The first-order chi connectivity index (χ1) is 8.05. The van der Waals surface area contributed by atoms with Crippen molar-refractivity contribution in [2.45, 2.75) is 26.1 Å². The lowest BCUT2D eigenvalue weighted by Gasteiger charge is -2.29. The second kappa shape index (κ2) is 6.90. The van der Waals surface area contributed by atoms with Gasteiger partial charge >= 0.3 is 7.60 Å². The van der Waals surface area contributed by atoms with Gasteiger partial charge in [0, 0.05) is 17.9 Å². The molecule has 7 heteroatoms. The van der Waals surface area contributed by atoms with Gasteiger partial charge in [-0.2, -0.15) is 11.8 Å². The molecule has 2 atom stereocenters. The number of thioether (sulfide) groups is 1. The normalized spacial score (nSPS) is 23.7. The molecule has 0 saturated carbocycles. The van der Waals surface area contributed by atoms with Gasteiger partial charge in [0.2, 0.25) is 0 Å². The van der Waals surface area contributed by atoms with Crippen LogP contribution in [0, 0.1) is 5.92 Å². The summed E-state index contributed by atoms with van der Waals surface area (Å²) < 4.78 is 22.4. The molecule has 1 unspecified atom stereocenters. The Balaban J connectivity index is 2.79. The molecule has 17 heavy (non-hydrogen) atoms. The highest BCUT2D eigenvalue weighted by Crippen LogP contribution is 2.55. The summed E-state index contributed by atoms with van der Waals surface area (Å²) in [5.74, 6) is -0.809. The average Bonchev–Trinajstić information content (AvgIpc) is 2.29. The first-order valence-corrected chi connectivity index (χ1v) is 8.49. The molecule has 5 nitrogen and oxygen atoms in total. The van der Waals surface area contributed by atoms with Crippen LogP contribution < -0.4 is 0 Å². The molecule has 1 saturated heterocycles. The van der Waals surface area contributed by atoms with E-state index in [2.05, 4.69) is 0 Å². The lowest BCUT2D eigenvalue weighted by atomic mass is 10.1. The number of aliphatic hydroxyl groups is 1. The van der Waals surface area contributed by atoms with Crippen molar-refractivity contribution in [3.8, 4) is 0 Å². The van der Waals surface area contributed by atoms with E-state index in [1.54, 1.807) is 25.6 Å². The van der Waals surface area contributed by atoms with E-state index >= 15 is 0 Å². The molecule has 1 rings (SSSR count). The molecular formula is C10H19O5PS. The molecule has 0 spiro atoms. The third-order valence-corrected chi connectivity index (χ3v) is 5.84. The molecule has 1 N–H and O–H groups in total. The van der Waals surface area contributed by atoms with Crippen LogP contribution in [0.15, 0.2) is 0 Å². The number of carbonyl (C=O) groups is 1. The van der Waals surface area contributed by atoms with Crippen LogP contribution in [0.3, 0.4) is 0 Å². The van der Waals surface area contributed by atoms with Crippen molar-refractivity contribution in [3.63, 3.8) is 0 Å². The Kier molecular flexibility index (Phi) is 6.17. The maximum Gasteiger partial charge on any atom is 0.359 e. The predicted octanol–water partition coefficient (Wildman–Crippen LogP) is 1.89. The van der Waals surface area contributed by atoms with Gasteiger partial charge in [-0.1, -0.05) is 0 Å². The summed E-state index contributed by atoms with van der Waals surface area (Å²) in [6, 6.07) is 0.